The van der Waals surface area contributed by atoms with E-state index in [0.29, 0.717) is 22.2 Å². The molecule has 1 aromatic heterocycles. The van der Waals surface area contributed by atoms with Crippen molar-refractivity contribution < 1.29 is 8.78 Å². The predicted molar refractivity (Wildman–Crippen MR) is 73.0 cm³/mol. The number of hydrogen-bond acceptors (Lipinski definition) is 1. The third kappa shape index (κ3) is 2.32. The van der Waals surface area contributed by atoms with Crippen LogP contribution in [0.5, 0.6) is 0 Å². The molecule has 3 rings (SSSR count). The minimum Gasteiger partial charge on any atom is -0.306 e. The molecule has 6 heteroatoms. The molecule has 0 radical (unpaired) electrons. The number of nitrogens with one attached hydrogen (secondary N) is 2. The van der Waals surface area contributed by atoms with Crippen molar-refractivity contribution >= 4 is 22.6 Å². The summed E-state index contributed by atoms with van der Waals surface area (Å²) in [5.74, 6) is -1.36. The maximum absolute atomic E-state index is 13.2. The minimum absolute atomic E-state index is 0.319. The van der Waals surface area contributed by atoms with Crippen molar-refractivity contribution in [1.82, 2.24) is 9.97 Å². The number of halogens is 3. The molecular formula is C14H9ClF2N2O. The van der Waals surface area contributed by atoms with E-state index in [0.717, 1.165) is 6.07 Å². The summed E-state index contributed by atoms with van der Waals surface area (Å²) in [5, 5.41) is -0.706. The molecule has 1 unspecified atom stereocenters. The molecule has 0 aliphatic rings. The fourth-order valence-corrected chi connectivity index (χ4v) is 2.38. The van der Waals surface area contributed by atoms with Crippen LogP contribution in [0.3, 0.4) is 0 Å². The summed E-state index contributed by atoms with van der Waals surface area (Å²) in [5.41, 5.74) is 1.88. The standard InChI is InChI=1S/C14H9ClF2N2O/c15-13(8-3-9(16)6-10(17)4-8)7-1-2-11-12(5-7)19-14(20)18-11/h1-6,13H,(H2,18,19,20). The van der Waals surface area contributed by atoms with Crippen molar-refractivity contribution in [2.24, 2.45) is 0 Å². The molecule has 0 spiro atoms. The average molecular weight is 295 g/mol. The highest BCUT2D eigenvalue weighted by molar-refractivity contribution is 6.22. The van der Waals surface area contributed by atoms with Crippen LogP contribution in [0.4, 0.5) is 8.78 Å². The molecule has 0 fully saturated rings. The summed E-state index contributed by atoms with van der Waals surface area (Å²) in [4.78, 5) is 16.4. The monoisotopic (exact) mass is 294 g/mol. The molecular weight excluding hydrogens is 286 g/mol. The smallest absolute Gasteiger partial charge is 0.306 e. The first-order valence-electron chi connectivity index (χ1n) is 5.85. The van der Waals surface area contributed by atoms with Gasteiger partial charge < -0.3 is 9.97 Å². The van der Waals surface area contributed by atoms with E-state index >= 15 is 0 Å². The molecule has 1 atom stereocenters. The summed E-state index contributed by atoms with van der Waals surface area (Å²) < 4.78 is 26.4. The second-order valence-electron chi connectivity index (χ2n) is 4.45. The molecule has 2 aromatic carbocycles. The highest BCUT2D eigenvalue weighted by Gasteiger charge is 2.14. The Balaban J connectivity index is 2.06. The second kappa shape index (κ2) is 4.76. The van der Waals surface area contributed by atoms with Crippen LogP contribution in [0.25, 0.3) is 11.0 Å². The molecule has 0 amide bonds. The van der Waals surface area contributed by atoms with Crippen molar-refractivity contribution in [3.8, 4) is 0 Å². The van der Waals surface area contributed by atoms with Gasteiger partial charge in [-0.25, -0.2) is 13.6 Å². The lowest BCUT2D eigenvalue weighted by Gasteiger charge is -2.10. The van der Waals surface area contributed by atoms with Crippen LogP contribution in [0, 0.1) is 11.6 Å². The van der Waals surface area contributed by atoms with Crippen molar-refractivity contribution in [3.05, 3.63) is 69.6 Å². The molecule has 0 bridgehead atoms. The molecule has 0 saturated carbocycles. The molecule has 0 aliphatic heterocycles. The summed E-state index contributed by atoms with van der Waals surface area (Å²) in [6, 6.07) is 8.23. The van der Waals surface area contributed by atoms with Crippen LogP contribution in [0.2, 0.25) is 0 Å². The van der Waals surface area contributed by atoms with E-state index in [4.69, 9.17) is 11.6 Å². The van der Waals surface area contributed by atoms with E-state index in [-0.39, 0.29) is 5.69 Å². The first-order chi connectivity index (χ1) is 9.52. The van der Waals surface area contributed by atoms with Crippen molar-refractivity contribution in [2.45, 2.75) is 5.38 Å². The van der Waals surface area contributed by atoms with Crippen LogP contribution in [-0.4, -0.2) is 9.97 Å². The SMILES string of the molecule is O=c1[nH]c2ccc(C(Cl)c3cc(F)cc(F)c3)cc2[nH]1. The maximum Gasteiger partial charge on any atom is 0.323 e. The molecule has 0 saturated heterocycles. The lowest BCUT2D eigenvalue weighted by atomic mass is 10.0. The fourth-order valence-electron chi connectivity index (χ4n) is 2.12. The van der Waals surface area contributed by atoms with Gasteiger partial charge in [-0.1, -0.05) is 6.07 Å². The zero-order chi connectivity index (χ0) is 14.3. The van der Waals surface area contributed by atoms with Crippen molar-refractivity contribution in [2.75, 3.05) is 0 Å². The first-order valence-corrected chi connectivity index (χ1v) is 6.28. The van der Waals surface area contributed by atoms with Gasteiger partial charge in [-0.3, -0.25) is 0 Å². The van der Waals surface area contributed by atoms with Crippen LogP contribution < -0.4 is 5.69 Å². The Morgan fingerprint density at radius 2 is 1.55 bits per heavy atom. The van der Waals surface area contributed by atoms with E-state index in [1.807, 2.05) is 0 Å². The number of rotatable bonds is 2. The topological polar surface area (TPSA) is 48.6 Å². The number of fused-ring (bicyclic) bond motifs is 1. The van der Waals surface area contributed by atoms with Gasteiger partial charge in [0.15, 0.2) is 0 Å². The van der Waals surface area contributed by atoms with Gasteiger partial charge >= 0.3 is 5.69 Å². The fraction of sp³-hybridized carbons (Fsp3) is 0.0714. The Morgan fingerprint density at radius 3 is 2.25 bits per heavy atom. The predicted octanol–water partition coefficient (Wildman–Crippen LogP) is 3.46. The Labute approximate surface area is 117 Å². The third-order valence-electron chi connectivity index (χ3n) is 3.01. The highest BCUT2D eigenvalue weighted by atomic mass is 35.5. The molecule has 3 aromatic rings. The number of aromatic nitrogens is 2. The third-order valence-corrected chi connectivity index (χ3v) is 3.51. The van der Waals surface area contributed by atoms with Gasteiger partial charge in [0.05, 0.1) is 16.4 Å². The second-order valence-corrected chi connectivity index (χ2v) is 4.89. The Morgan fingerprint density at radius 1 is 0.900 bits per heavy atom. The number of alkyl halides is 1. The molecule has 3 nitrogen and oxygen atoms in total. The van der Waals surface area contributed by atoms with Gasteiger partial charge in [-0.15, -0.1) is 11.6 Å². The van der Waals surface area contributed by atoms with Gasteiger partial charge in [-0.2, -0.15) is 0 Å². The number of imidazole rings is 1. The van der Waals surface area contributed by atoms with Gasteiger partial charge in [0.1, 0.15) is 11.6 Å². The minimum atomic E-state index is -0.706. The summed E-state index contributed by atoms with van der Waals surface area (Å²) in [7, 11) is 0. The van der Waals surface area contributed by atoms with Crippen molar-refractivity contribution in [3.63, 3.8) is 0 Å². The van der Waals surface area contributed by atoms with Crippen LogP contribution in [-0.2, 0) is 0 Å². The van der Waals surface area contributed by atoms with Gasteiger partial charge in [-0.05, 0) is 35.4 Å². The van der Waals surface area contributed by atoms with Gasteiger partial charge in [0.25, 0.3) is 0 Å². The summed E-state index contributed by atoms with van der Waals surface area (Å²) in [6.45, 7) is 0. The lowest BCUT2D eigenvalue weighted by molar-refractivity contribution is 0.580. The van der Waals surface area contributed by atoms with E-state index in [1.165, 1.54) is 12.1 Å². The Kier molecular flexibility index (Phi) is 3.06. The highest BCUT2D eigenvalue weighted by Crippen LogP contribution is 2.30. The normalized spacial score (nSPS) is 12.8. The molecule has 0 aliphatic carbocycles. The van der Waals surface area contributed by atoms with Gasteiger partial charge in [0, 0.05) is 6.07 Å². The zero-order valence-electron chi connectivity index (χ0n) is 10.1. The van der Waals surface area contributed by atoms with Crippen LogP contribution in [0.15, 0.2) is 41.2 Å². The van der Waals surface area contributed by atoms with E-state index < -0.39 is 17.0 Å². The molecule has 20 heavy (non-hydrogen) atoms. The van der Waals surface area contributed by atoms with Crippen LogP contribution >= 0.6 is 11.6 Å². The Bertz CT molecular complexity index is 820. The van der Waals surface area contributed by atoms with E-state index in [9.17, 15) is 13.6 Å². The summed E-state index contributed by atoms with van der Waals surface area (Å²) >= 11 is 6.25. The molecule has 2 N–H and O–H groups in total. The average Bonchev–Trinajstić information content (AvgIpc) is 2.75. The molecule has 1 heterocycles. The zero-order valence-corrected chi connectivity index (χ0v) is 10.8. The first kappa shape index (κ1) is 12.9. The number of hydrogen-bond donors (Lipinski definition) is 2. The number of aromatic amines is 2. The Hall–Kier alpha value is -2.14. The van der Waals surface area contributed by atoms with Crippen LogP contribution in [0.1, 0.15) is 16.5 Å². The van der Waals surface area contributed by atoms with E-state index in [1.54, 1.807) is 18.2 Å². The quantitative estimate of drug-likeness (QED) is 0.699. The largest absolute Gasteiger partial charge is 0.323 e. The number of H-pyrrole nitrogens is 2. The van der Waals surface area contributed by atoms with Crippen molar-refractivity contribution in [1.29, 1.82) is 0 Å². The maximum atomic E-state index is 13.2. The van der Waals surface area contributed by atoms with Gasteiger partial charge in [0.2, 0.25) is 0 Å². The lowest BCUT2D eigenvalue weighted by Crippen LogP contribution is -1.99. The summed E-state index contributed by atoms with van der Waals surface area (Å²) in [6.07, 6.45) is 0. The van der Waals surface area contributed by atoms with E-state index in [2.05, 4.69) is 9.97 Å². The number of benzene rings is 2. The molecule has 102 valence electrons.